The number of benzene rings is 1. The molecule has 0 bridgehead atoms. The minimum absolute atomic E-state index is 0.408. The number of ether oxygens (including phenoxy) is 1. The standard InChI is InChI=1S/C19H30N2O2/c1-14-8-6-9-15(2)21(14)13-16-10-7-11-17(12-16)20-18(22)23-19(3,4)5/h7,10-12,14-15H,6,8-9,13H2,1-5H3,(H,20,22). The van der Waals surface area contributed by atoms with Gasteiger partial charge in [0, 0.05) is 24.3 Å². The van der Waals surface area contributed by atoms with Crippen LogP contribution in [0.15, 0.2) is 24.3 Å². The smallest absolute Gasteiger partial charge is 0.412 e. The number of nitrogens with one attached hydrogen (secondary N) is 1. The maximum Gasteiger partial charge on any atom is 0.412 e. The Balaban J connectivity index is 2.00. The predicted octanol–water partition coefficient (Wildman–Crippen LogP) is 4.80. The molecule has 0 spiro atoms. The highest BCUT2D eigenvalue weighted by molar-refractivity contribution is 5.84. The zero-order valence-corrected chi connectivity index (χ0v) is 15.1. The summed E-state index contributed by atoms with van der Waals surface area (Å²) in [6.45, 7) is 11.1. The van der Waals surface area contributed by atoms with Crippen LogP contribution in [0.25, 0.3) is 0 Å². The van der Waals surface area contributed by atoms with Crippen LogP contribution >= 0.6 is 0 Å². The Morgan fingerprint density at radius 1 is 1.26 bits per heavy atom. The molecule has 1 aromatic rings. The Kier molecular flexibility index (Phi) is 5.69. The van der Waals surface area contributed by atoms with Crippen molar-refractivity contribution in [3.8, 4) is 0 Å². The van der Waals surface area contributed by atoms with Crippen molar-refractivity contribution in [1.29, 1.82) is 0 Å². The van der Waals surface area contributed by atoms with Crippen LogP contribution in [0.1, 0.15) is 59.4 Å². The fourth-order valence-electron chi connectivity index (χ4n) is 3.17. The molecule has 0 aromatic heterocycles. The number of likely N-dealkylation sites (tertiary alicyclic amines) is 1. The van der Waals surface area contributed by atoms with Crippen molar-refractivity contribution in [2.45, 2.75) is 78.1 Å². The summed E-state index contributed by atoms with van der Waals surface area (Å²) < 4.78 is 5.31. The molecule has 1 amide bonds. The molecule has 128 valence electrons. The van der Waals surface area contributed by atoms with Crippen LogP contribution in [-0.2, 0) is 11.3 Å². The third-order valence-corrected chi connectivity index (χ3v) is 4.31. The minimum atomic E-state index is -0.486. The summed E-state index contributed by atoms with van der Waals surface area (Å²) in [5, 5.41) is 2.82. The highest BCUT2D eigenvalue weighted by Gasteiger charge is 2.24. The molecule has 2 unspecified atom stereocenters. The van der Waals surface area contributed by atoms with Crippen LogP contribution < -0.4 is 5.32 Å². The predicted molar refractivity (Wildman–Crippen MR) is 94.6 cm³/mol. The average Bonchev–Trinajstić information content (AvgIpc) is 2.41. The normalized spacial score (nSPS) is 22.7. The summed E-state index contributed by atoms with van der Waals surface area (Å²) in [6.07, 6.45) is 3.44. The lowest BCUT2D eigenvalue weighted by atomic mass is 9.96. The molecule has 2 rings (SSSR count). The maximum atomic E-state index is 11.9. The molecule has 1 fully saturated rings. The van der Waals surface area contributed by atoms with E-state index in [-0.39, 0.29) is 0 Å². The highest BCUT2D eigenvalue weighted by atomic mass is 16.6. The van der Waals surface area contributed by atoms with Gasteiger partial charge in [0.15, 0.2) is 0 Å². The number of piperidine rings is 1. The third-order valence-electron chi connectivity index (χ3n) is 4.31. The quantitative estimate of drug-likeness (QED) is 0.870. The van der Waals surface area contributed by atoms with Gasteiger partial charge in [-0.1, -0.05) is 18.6 Å². The molecule has 0 radical (unpaired) electrons. The van der Waals surface area contributed by atoms with E-state index in [4.69, 9.17) is 4.74 Å². The van der Waals surface area contributed by atoms with Crippen LogP contribution in [-0.4, -0.2) is 28.7 Å². The van der Waals surface area contributed by atoms with Crippen LogP contribution in [0, 0.1) is 0 Å². The fraction of sp³-hybridized carbons (Fsp3) is 0.632. The largest absolute Gasteiger partial charge is 0.444 e. The zero-order chi connectivity index (χ0) is 17.0. The summed E-state index contributed by atoms with van der Waals surface area (Å²) in [6, 6.07) is 9.27. The molecule has 0 aliphatic carbocycles. The molecular formula is C19H30N2O2. The number of hydrogen-bond acceptors (Lipinski definition) is 3. The van der Waals surface area contributed by atoms with Crippen molar-refractivity contribution in [3.05, 3.63) is 29.8 Å². The van der Waals surface area contributed by atoms with Crippen molar-refractivity contribution in [2.75, 3.05) is 5.32 Å². The second kappa shape index (κ2) is 7.35. The zero-order valence-electron chi connectivity index (χ0n) is 15.1. The number of hydrogen-bond donors (Lipinski definition) is 1. The van der Waals surface area contributed by atoms with Crippen LogP contribution in [0.4, 0.5) is 10.5 Å². The van der Waals surface area contributed by atoms with Gasteiger partial charge < -0.3 is 4.74 Å². The molecule has 4 heteroatoms. The van der Waals surface area contributed by atoms with Gasteiger partial charge in [-0.25, -0.2) is 4.79 Å². The van der Waals surface area contributed by atoms with E-state index in [1.807, 2.05) is 39.0 Å². The number of anilines is 1. The Morgan fingerprint density at radius 2 is 1.91 bits per heavy atom. The van der Waals surface area contributed by atoms with E-state index in [0.29, 0.717) is 12.1 Å². The average molecular weight is 318 g/mol. The van der Waals surface area contributed by atoms with Gasteiger partial charge in [-0.2, -0.15) is 0 Å². The first-order valence-electron chi connectivity index (χ1n) is 8.59. The van der Waals surface area contributed by atoms with E-state index in [1.54, 1.807) is 0 Å². The van der Waals surface area contributed by atoms with Crippen molar-refractivity contribution < 1.29 is 9.53 Å². The van der Waals surface area contributed by atoms with Gasteiger partial charge in [0.25, 0.3) is 0 Å². The van der Waals surface area contributed by atoms with E-state index in [2.05, 4.69) is 30.1 Å². The maximum absolute atomic E-state index is 11.9. The molecule has 1 aliphatic rings. The second-order valence-electron chi connectivity index (χ2n) is 7.63. The molecule has 2 atom stereocenters. The van der Waals surface area contributed by atoms with Crippen molar-refractivity contribution in [1.82, 2.24) is 4.90 Å². The molecule has 4 nitrogen and oxygen atoms in total. The third kappa shape index (κ3) is 5.54. The van der Waals surface area contributed by atoms with E-state index >= 15 is 0 Å². The summed E-state index contributed by atoms with van der Waals surface area (Å²) in [4.78, 5) is 14.4. The first kappa shape index (κ1) is 17.8. The van der Waals surface area contributed by atoms with Crippen LogP contribution in [0.3, 0.4) is 0 Å². The molecule has 1 heterocycles. The first-order chi connectivity index (χ1) is 10.7. The van der Waals surface area contributed by atoms with Crippen molar-refractivity contribution >= 4 is 11.8 Å². The Labute approximate surface area is 140 Å². The van der Waals surface area contributed by atoms with Gasteiger partial charge in [-0.3, -0.25) is 10.2 Å². The highest BCUT2D eigenvalue weighted by Crippen LogP contribution is 2.25. The first-order valence-corrected chi connectivity index (χ1v) is 8.59. The lowest BCUT2D eigenvalue weighted by molar-refractivity contribution is 0.0636. The summed E-state index contributed by atoms with van der Waals surface area (Å²) >= 11 is 0. The molecule has 1 N–H and O–H groups in total. The van der Waals surface area contributed by atoms with E-state index in [0.717, 1.165) is 12.2 Å². The van der Waals surface area contributed by atoms with E-state index in [9.17, 15) is 4.79 Å². The van der Waals surface area contributed by atoms with Crippen molar-refractivity contribution in [3.63, 3.8) is 0 Å². The molecule has 1 saturated heterocycles. The molecule has 1 aromatic carbocycles. The summed E-state index contributed by atoms with van der Waals surface area (Å²) in [5.74, 6) is 0. The topological polar surface area (TPSA) is 41.6 Å². The van der Waals surface area contributed by atoms with Crippen molar-refractivity contribution in [2.24, 2.45) is 0 Å². The molecular weight excluding hydrogens is 288 g/mol. The Hall–Kier alpha value is -1.55. The lowest BCUT2D eigenvalue weighted by Gasteiger charge is -2.39. The minimum Gasteiger partial charge on any atom is -0.444 e. The van der Waals surface area contributed by atoms with Gasteiger partial charge in [0.2, 0.25) is 0 Å². The Morgan fingerprint density at radius 3 is 2.52 bits per heavy atom. The van der Waals surface area contributed by atoms with Gasteiger partial charge in [0.05, 0.1) is 0 Å². The van der Waals surface area contributed by atoms with E-state index < -0.39 is 11.7 Å². The molecule has 23 heavy (non-hydrogen) atoms. The number of nitrogens with zero attached hydrogens (tertiary/aromatic N) is 1. The second-order valence-corrected chi connectivity index (χ2v) is 7.63. The van der Waals surface area contributed by atoms with Crippen LogP contribution in [0.2, 0.25) is 0 Å². The summed E-state index contributed by atoms with van der Waals surface area (Å²) in [5.41, 5.74) is 1.52. The van der Waals surface area contributed by atoms with E-state index in [1.165, 1.54) is 24.8 Å². The number of rotatable bonds is 3. The number of carbonyl (C=O) groups excluding carboxylic acids is 1. The molecule has 0 saturated carbocycles. The summed E-state index contributed by atoms with van der Waals surface area (Å²) in [7, 11) is 0. The Bertz CT molecular complexity index is 526. The monoisotopic (exact) mass is 318 g/mol. The van der Waals surface area contributed by atoms with Gasteiger partial charge in [0.1, 0.15) is 5.60 Å². The number of carbonyl (C=O) groups is 1. The van der Waals surface area contributed by atoms with Crippen LogP contribution in [0.5, 0.6) is 0 Å². The number of amides is 1. The fourth-order valence-corrected chi connectivity index (χ4v) is 3.17. The van der Waals surface area contributed by atoms with Gasteiger partial charge in [-0.15, -0.1) is 0 Å². The van der Waals surface area contributed by atoms with Gasteiger partial charge >= 0.3 is 6.09 Å². The SMILES string of the molecule is CC1CCCC(C)N1Cc1cccc(NC(=O)OC(C)(C)C)c1. The van der Waals surface area contributed by atoms with Gasteiger partial charge in [-0.05, 0) is 65.2 Å². The lowest BCUT2D eigenvalue weighted by Crippen LogP contribution is -2.42. The molecule has 1 aliphatic heterocycles.